The molecule has 0 aliphatic carbocycles. The summed E-state index contributed by atoms with van der Waals surface area (Å²) in [6, 6.07) is 6.44. The van der Waals surface area contributed by atoms with Crippen LogP contribution in [0.4, 0.5) is 0 Å². The van der Waals surface area contributed by atoms with Crippen LogP contribution in [-0.2, 0) is 0 Å². The van der Waals surface area contributed by atoms with E-state index in [1.165, 1.54) is 5.56 Å². The van der Waals surface area contributed by atoms with E-state index < -0.39 is 0 Å². The summed E-state index contributed by atoms with van der Waals surface area (Å²) < 4.78 is 2.12. The molecule has 1 aromatic carbocycles. The molecule has 0 heterocycles. The third-order valence-corrected chi connectivity index (χ3v) is 4.40. The minimum absolute atomic E-state index is 0.213. The Kier molecular flexibility index (Phi) is 7.04. The van der Waals surface area contributed by atoms with Gasteiger partial charge in [-0.05, 0) is 69.4 Å². The van der Waals surface area contributed by atoms with Crippen LogP contribution in [0.1, 0.15) is 24.9 Å². The molecule has 0 aliphatic heterocycles. The maximum absolute atomic E-state index is 5.80. The number of nitrogens with two attached hydrogens (primary N) is 1. The molecule has 1 aromatic rings. The van der Waals surface area contributed by atoms with Crippen molar-refractivity contribution >= 4 is 31.9 Å². The molecule has 3 N–H and O–H groups in total. The highest BCUT2D eigenvalue weighted by Crippen LogP contribution is 2.26. The Bertz CT molecular complexity index is 378. The lowest BCUT2D eigenvalue weighted by atomic mass is 10.1. The van der Waals surface area contributed by atoms with Gasteiger partial charge in [-0.2, -0.15) is 0 Å². The highest BCUT2D eigenvalue weighted by molar-refractivity contribution is 9.13. The second kappa shape index (κ2) is 8.03. The Morgan fingerprint density at radius 2 is 2.12 bits per heavy atom. The van der Waals surface area contributed by atoms with Gasteiger partial charge in [-0.15, -0.1) is 0 Å². The first kappa shape index (κ1) is 14.9. The van der Waals surface area contributed by atoms with E-state index in [0.29, 0.717) is 6.54 Å². The number of nitrogens with one attached hydrogen (secondary N) is 1. The fourth-order valence-electron chi connectivity index (χ4n) is 1.57. The normalized spacial score (nSPS) is 13.2. The Morgan fingerprint density at radius 1 is 1.35 bits per heavy atom. The Labute approximate surface area is 120 Å². The molecule has 0 aliphatic rings. The van der Waals surface area contributed by atoms with Crippen molar-refractivity contribution in [3.05, 3.63) is 44.9 Å². The van der Waals surface area contributed by atoms with Gasteiger partial charge in [0.2, 0.25) is 0 Å². The van der Waals surface area contributed by atoms with Crippen molar-refractivity contribution < 1.29 is 0 Å². The summed E-state index contributed by atoms with van der Waals surface area (Å²) in [6.45, 7) is 3.58. The molecule has 0 aromatic heterocycles. The van der Waals surface area contributed by atoms with Gasteiger partial charge < -0.3 is 11.1 Å². The van der Waals surface area contributed by atoms with E-state index in [2.05, 4.69) is 61.5 Å². The van der Waals surface area contributed by atoms with E-state index in [-0.39, 0.29) is 6.04 Å². The molecule has 2 nitrogen and oxygen atoms in total. The van der Waals surface area contributed by atoms with Crippen molar-refractivity contribution in [2.45, 2.75) is 19.4 Å². The lowest BCUT2D eigenvalue weighted by molar-refractivity contribution is 0.548. The summed E-state index contributed by atoms with van der Waals surface area (Å²) in [5.74, 6) is 0. The number of hydrogen-bond acceptors (Lipinski definition) is 2. The number of rotatable bonds is 6. The summed E-state index contributed by atoms with van der Waals surface area (Å²) in [5, 5.41) is 3.45. The van der Waals surface area contributed by atoms with Gasteiger partial charge in [-0.1, -0.05) is 18.2 Å². The predicted molar refractivity (Wildman–Crippen MR) is 81.1 cm³/mol. The molecule has 1 unspecified atom stereocenters. The average Bonchev–Trinajstić information content (AvgIpc) is 2.33. The Balaban J connectivity index is 2.62. The minimum atomic E-state index is 0.213. The standard InChI is InChI=1S/C13H18Br2N2/c1-2-3-4-7-17-13(9-16)10-5-6-11(14)12(15)8-10/h2-3,5-6,8,13,17H,4,7,9,16H2,1H3/b3-2+. The van der Waals surface area contributed by atoms with Crippen molar-refractivity contribution in [1.29, 1.82) is 0 Å². The first-order valence-corrected chi connectivity index (χ1v) is 7.27. The van der Waals surface area contributed by atoms with Crippen LogP contribution in [0.5, 0.6) is 0 Å². The van der Waals surface area contributed by atoms with Gasteiger partial charge in [0.15, 0.2) is 0 Å². The van der Waals surface area contributed by atoms with Crippen molar-refractivity contribution in [2.24, 2.45) is 5.73 Å². The monoisotopic (exact) mass is 360 g/mol. The molecule has 17 heavy (non-hydrogen) atoms. The fraction of sp³-hybridized carbons (Fsp3) is 0.385. The van der Waals surface area contributed by atoms with E-state index in [1.807, 2.05) is 13.0 Å². The van der Waals surface area contributed by atoms with E-state index in [9.17, 15) is 0 Å². The molecule has 0 saturated heterocycles. The number of halogens is 2. The minimum Gasteiger partial charge on any atom is -0.329 e. The maximum Gasteiger partial charge on any atom is 0.0445 e. The molecule has 94 valence electrons. The van der Waals surface area contributed by atoms with E-state index >= 15 is 0 Å². The van der Waals surface area contributed by atoms with Crippen molar-refractivity contribution in [3.63, 3.8) is 0 Å². The van der Waals surface area contributed by atoms with Crippen LogP contribution in [0, 0.1) is 0 Å². The predicted octanol–water partition coefficient (Wildman–Crippen LogP) is 3.77. The summed E-state index contributed by atoms with van der Waals surface area (Å²) in [7, 11) is 0. The lowest BCUT2D eigenvalue weighted by Gasteiger charge is -2.17. The molecule has 4 heteroatoms. The highest BCUT2D eigenvalue weighted by Gasteiger charge is 2.09. The molecular weight excluding hydrogens is 344 g/mol. The van der Waals surface area contributed by atoms with Gasteiger partial charge in [-0.3, -0.25) is 0 Å². The number of hydrogen-bond donors (Lipinski definition) is 2. The zero-order chi connectivity index (χ0) is 12.7. The number of allylic oxidation sites excluding steroid dienone is 1. The fourth-order valence-corrected chi connectivity index (χ4v) is 2.22. The molecule has 0 radical (unpaired) electrons. The average molecular weight is 362 g/mol. The van der Waals surface area contributed by atoms with Crippen LogP contribution < -0.4 is 11.1 Å². The Hall–Kier alpha value is -0.160. The van der Waals surface area contributed by atoms with Gasteiger partial charge in [0, 0.05) is 21.5 Å². The van der Waals surface area contributed by atoms with Gasteiger partial charge in [0.25, 0.3) is 0 Å². The molecule has 0 spiro atoms. The van der Waals surface area contributed by atoms with Crippen LogP contribution in [-0.4, -0.2) is 13.1 Å². The first-order chi connectivity index (χ1) is 8.19. The van der Waals surface area contributed by atoms with Crippen LogP contribution in [0.25, 0.3) is 0 Å². The second-order valence-electron chi connectivity index (χ2n) is 3.77. The summed E-state index contributed by atoms with van der Waals surface area (Å²) in [6.07, 6.45) is 5.25. The van der Waals surface area contributed by atoms with Crippen molar-refractivity contribution in [2.75, 3.05) is 13.1 Å². The third-order valence-electron chi connectivity index (χ3n) is 2.52. The smallest absolute Gasteiger partial charge is 0.0445 e. The highest BCUT2D eigenvalue weighted by atomic mass is 79.9. The largest absolute Gasteiger partial charge is 0.329 e. The van der Waals surface area contributed by atoms with E-state index in [0.717, 1.165) is 21.9 Å². The van der Waals surface area contributed by atoms with Gasteiger partial charge in [-0.25, -0.2) is 0 Å². The van der Waals surface area contributed by atoms with Crippen molar-refractivity contribution in [1.82, 2.24) is 5.32 Å². The molecule has 0 fully saturated rings. The van der Waals surface area contributed by atoms with E-state index in [4.69, 9.17) is 5.73 Å². The topological polar surface area (TPSA) is 38.0 Å². The van der Waals surface area contributed by atoms with Gasteiger partial charge >= 0.3 is 0 Å². The van der Waals surface area contributed by atoms with Crippen LogP contribution >= 0.6 is 31.9 Å². The second-order valence-corrected chi connectivity index (χ2v) is 5.48. The zero-order valence-corrected chi connectivity index (χ0v) is 13.1. The van der Waals surface area contributed by atoms with Gasteiger partial charge in [0.1, 0.15) is 0 Å². The summed E-state index contributed by atoms with van der Waals surface area (Å²) in [4.78, 5) is 0. The van der Waals surface area contributed by atoms with Crippen LogP contribution in [0.3, 0.4) is 0 Å². The molecular formula is C13H18Br2N2. The van der Waals surface area contributed by atoms with Crippen LogP contribution in [0.2, 0.25) is 0 Å². The summed E-state index contributed by atoms with van der Waals surface area (Å²) >= 11 is 6.98. The lowest BCUT2D eigenvalue weighted by Crippen LogP contribution is -2.28. The van der Waals surface area contributed by atoms with Crippen molar-refractivity contribution in [3.8, 4) is 0 Å². The SMILES string of the molecule is C/C=C/CCNC(CN)c1ccc(Br)c(Br)c1. The third kappa shape index (κ3) is 4.92. The maximum atomic E-state index is 5.80. The Morgan fingerprint density at radius 3 is 2.71 bits per heavy atom. The molecule has 0 saturated carbocycles. The quantitative estimate of drug-likeness (QED) is 0.597. The molecule has 1 atom stereocenters. The van der Waals surface area contributed by atoms with Gasteiger partial charge in [0.05, 0.1) is 0 Å². The number of benzene rings is 1. The van der Waals surface area contributed by atoms with Crippen LogP contribution in [0.15, 0.2) is 39.3 Å². The summed E-state index contributed by atoms with van der Waals surface area (Å²) in [5.41, 5.74) is 7.01. The first-order valence-electron chi connectivity index (χ1n) is 5.68. The molecule has 1 rings (SSSR count). The van der Waals surface area contributed by atoms with E-state index in [1.54, 1.807) is 0 Å². The molecule has 0 bridgehead atoms. The molecule has 0 amide bonds. The zero-order valence-electron chi connectivity index (χ0n) is 9.92.